The Morgan fingerprint density at radius 1 is 1.00 bits per heavy atom. The Bertz CT molecular complexity index is 1590. The molecule has 1 amide bonds. The van der Waals surface area contributed by atoms with Gasteiger partial charge in [0.05, 0.1) is 35.3 Å². The van der Waals surface area contributed by atoms with Gasteiger partial charge in [0.2, 0.25) is 0 Å². The molecule has 1 fully saturated rings. The Labute approximate surface area is 249 Å². The molecule has 2 aromatic rings. The molecule has 222 valence electrons. The predicted molar refractivity (Wildman–Crippen MR) is 153 cm³/mol. The number of esters is 2. The smallest absolute Gasteiger partial charge is 0.336 e. The average Bonchev–Trinajstić information content (AvgIpc) is 3.17. The number of nitrogens with one attached hydrogen (secondary N) is 1. The van der Waals surface area contributed by atoms with Crippen molar-refractivity contribution in [3.8, 4) is 0 Å². The fourth-order valence-electron chi connectivity index (χ4n) is 5.49. The van der Waals surface area contributed by atoms with Crippen LogP contribution in [0, 0.1) is 0 Å². The highest BCUT2D eigenvalue weighted by molar-refractivity contribution is 7.90. The van der Waals surface area contributed by atoms with E-state index in [1.807, 2.05) is 0 Å². The molecule has 0 radical (unpaired) electrons. The van der Waals surface area contributed by atoms with Crippen LogP contribution in [0.25, 0.3) is 0 Å². The van der Waals surface area contributed by atoms with Gasteiger partial charge in [-0.15, -0.1) is 0 Å². The third-order valence-electron chi connectivity index (χ3n) is 7.53. The monoisotopic (exact) mass is 614 g/mol. The number of halogens is 1. The highest BCUT2D eigenvalue weighted by Crippen LogP contribution is 2.42. The van der Waals surface area contributed by atoms with Gasteiger partial charge in [-0.05, 0) is 56.9 Å². The Hall–Kier alpha value is -3.67. The van der Waals surface area contributed by atoms with Crippen molar-refractivity contribution in [2.45, 2.75) is 50.0 Å². The predicted octanol–water partition coefficient (Wildman–Crippen LogP) is 4.08. The van der Waals surface area contributed by atoms with Gasteiger partial charge >= 0.3 is 11.9 Å². The van der Waals surface area contributed by atoms with Crippen LogP contribution in [-0.4, -0.2) is 63.0 Å². The van der Waals surface area contributed by atoms with Gasteiger partial charge in [-0.1, -0.05) is 41.9 Å². The van der Waals surface area contributed by atoms with E-state index in [1.54, 1.807) is 44.2 Å². The van der Waals surface area contributed by atoms with Gasteiger partial charge in [0, 0.05) is 23.0 Å². The third kappa shape index (κ3) is 5.68. The van der Waals surface area contributed by atoms with E-state index in [2.05, 4.69) is 5.32 Å². The molecular weight excluding hydrogens is 584 g/mol. The third-order valence-corrected chi connectivity index (χ3v) is 9.71. The lowest BCUT2D eigenvalue weighted by atomic mass is 9.80. The quantitative estimate of drug-likeness (QED) is 0.438. The highest BCUT2D eigenvalue weighted by Gasteiger charge is 2.42. The summed E-state index contributed by atoms with van der Waals surface area (Å²) in [6.07, 6.45) is 2.54. The van der Waals surface area contributed by atoms with Crippen molar-refractivity contribution < 1.29 is 37.0 Å². The number of carbonyl (C=O) groups excluding carboxylic acids is 3. The van der Waals surface area contributed by atoms with Crippen LogP contribution in [0.4, 0.5) is 0 Å². The number of nitrogens with zero attached hydrogens (tertiary/aromatic N) is 1. The van der Waals surface area contributed by atoms with Crippen LogP contribution in [0.15, 0.2) is 76.0 Å². The number of carbonyl (C=O) groups is 3. The molecule has 1 N–H and O–H groups in total. The maximum Gasteiger partial charge on any atom is 0.336 e. The Kier molecular flexibility index (Phi) is 8.72. The molecule has 0 bridgehead atoms. The minimum absolute atomic E-state index is 0.0695. The van der Waals surface area contributed by atoms with Crippen LogP contribution in [-0.2, 0) is 33.8 Å². The van der Waals surface area contributed by atoms with Gasteiger partial charge in [0.25, 0.3) is 15.9 Å². The van der Waals surface area contributed by atoms with Crippen molar-refractivity contribution in [2.75, 3.05) is 26.4 Å². The number of amides is 1. The Morgan fingerprint density at radius 2 is 1.67 bits per heavy atom. The van der Waals surface area contributed by atoms with Crippen molar-refractivity contribution >= 4 is 39.5 Å². The maximum absolute atomic E-state index is 13.6. The first-order chi connectivity index (χ1) is 20.1. The number of sulfonamides is 1. The second kappa shape index (κ2) is 12.3. The zero-order valence-electron chi connectivity index (χ0n) is 23.2. The molecule has 3 aliphatic rings. The van der Waals surface area contributed by atoms with Crippen molar-refractivity contribution in [3.63, 3.8) is 0 Å². The summed E-state index contributed by atoms with van der Waals surface area (Å²) in [5.74, 6) is -3.02. The molecule has 3 heterocycles. The van der Waals surface area contributed by atoms with Gasteiger partial charge < -0.3 is 19.5 Å². The fourth-order valence-corrected chi connectivity index (χ4v) is 7.29. The molecule has 10 nitrogen and oxygen atoms in total. The molecule has 1 saturated heterocycles. The molecular formula is C30H31ClN2O8S. The van der Waals surface area contributed by atoms with Gasteiger partial charge in [-0.25, -0.2) is 22.3 Å². The standard InChI is InChI=1S/C30H31ClN2O8S/c1-18-25(29(35)40-16-14-33-28(34)22-11-4-6-13-24(22)42(33,37)38)27(21-10-3-5-12-23(21)31)26(19(2)32-18)30(36)41-17-20-9-7-8-15-39-20/h3-6,10-13,20,27,32H,7-9,14-17H2,1-2H3. The van der Waals surface area contributed by atoms with E-state index < -0.39 is 40.4 Å². The van der Waals surface area contributed by atoms with Crippen LogP contribution < -0.4 is 5.32 Å². The molecule has 0 saturated carbocycles. The average molecular weight is 615 g/mol. The van der Waals surface area contributed by atoms with E-state index in [0.29, 0.717) is 32.9 Å². The first kappa shape index (κ1) is 29.8. The molecule has 12 heteroatoms. The van der Waals surface area contributed by atoms with Gasteiger partial charge in [0.1, 0.15) is 18.1 Å². The summed E-state index contributed by atoms with van der Waals surface area (Å²) in [5, 5.41) is 3.42. The number of rotatable bonds is 8. The van der Waals surface area contributed by atoms with Crippen LogP contribution in [0.2, 0.25) is 5.02 Å². The van der Waals surface area contributed by atoms with E-state index in [9.17, 15) is 22.8 Å². The summed E-state index contributed by atoms with van der Waals surface area (Å²) in [4.78, 5) is 39.8. The Morgan fingerprint density at radius 3 is 2.33 bits per heavy atom. The molecule has 2 unspecified atom stereocenters. The lowest BCUT2D eigenvalue weighted by Gasteiger charge is -2.31. The molecule has 5 rings (SSSR count). The summed E-state index contributed by atoms with van der Waals surface area (Å²) in [6.45, 7) is 3.31. The van der Waals surface area contributed by atoms with E-state index in [-0.39, 0.29) is 40.9 Å². The van der Waals surface area contributed by atoms with Crippen molar-refractivity contribution in [1.82, 2.24) is 9.62 Å². The van der Waals surface area contributed by atoms with E-state index in [4.69, 9.17) is 25.8 Å². The van der Waals surface area contributed by atoms with Crippen LogP contribution >= 0.6 is 11.6 Å². The van der Waals surface area contributed by atoms with E-state index >= 15 is 0 Å². The molecule has 42 heavy (non-hydrogen) atoms. The normalized spacial score (nSPS) is 21.6. The molecule has 0 aliphatic carbocycles. The summed E-state index contributed by atoms with van der Waals surface area (Å²) in [6, 6.07) is 12.8. The number of hydrogen-bond donors (Lipinski definition) is 1. The lowest BCUT2D eigenvalue weighted by molar-refractivity contribution is -0.145. The van der Waals surface area contributed by atoms with Gasteiger partial charge in [-0.2, -0.15) is 0 Å². The lowest BCUT2D eigenvalue weighted by Crippen LogP contribution is -2.36. The zero-order valence-corrected chi connectivity index (χ0v) is 24.8. The van der Waals surface area contributed by atoms with Crippen molar-refractivity contribution in [3.05, 3.63) is 87.2 Å². The molecule has 2 atom stereocenters. The second-order valence-electron chi connectivity index (χ2n) is 10.3. The minimum Gasteiger partial charge on any atom is -0.460 e. The minimum atomic E-state index is -4.06. The molecule has 0 aromatic heterocycles. The number of hydrogen-bond acceptors (Lipinski definition) is 9. The SMILES string of the molecule is CC1=C(C(=O)OCCN2C(=O)c3ccccc3S2(=O)=O)C(c2ccccc2Cl)C(C(=O)OCC2CCCCO2)=C(C)N1. The second-order valence-corrected chi connectivity index (χ2v) is 12.5. The molecule has 2 aromatic carbocycles. The number of allylic oxidation sites excluding steroid dienone is 2. The zero-order chi connectivity index (χ0) is 30.0. The van der Waals surface area contributed by atoms with Crippen LogP contribution in [0.5, 0.6) is 0 Å². The topological polar surface area (TPSA) is 128 Å². The van der Waals surface area contributed by atoms with Crippen molar-refractivity contribution in [2.24, 2.45) is 0 Å². The number of ether oxygens (including phenoxy) is 3. The van der Waals surface area contributed by atoms with Gasteiger partial charge in [0.15, 0.2) is 0 Å². The Balaban J connectivity index is 1.37. The fraction of sp³-hybridized carbons (Fsp3) is 0.367. The molecule has 3 aliphatic heterocycles. The number of dihydropyridines is 1. The summed E-state index contributed by atoms with van der Waals surface area (Å²) in [5.41, 5.74) is 1.82. The highest BCUT2D eigenvalue weighted by atomic mass is 35.5. The first-order valence-electron chi connectivity index (χ1n) is 13.7. The number of fused-ring (bicyclic) bond motifs is 1. The summed E-state index contributed by atoms with van der Waals surface area (Å²) >= 11 is 6.57. The van der Waals surface area contributed by atoms with Crippen LogP contribution in [0.1, 0.15) is 54.9 Å². The first-order valence-corrected chi connectivity index (χ1v) is 15.5. The summed E-state index contributed by atoms with van der Waals surface area (Å²) < 4.78 is 43.4. The largest absolute Gasteiger partial charge is 0.460 e. The molecule has 0 spiro atoms. The van der Waals surface area contributed by atoms with Crippen molar-refractivity contribution in [1.29, 1.82) is 0 Å². The summed E-state index contributed by atoms with van der Waals surface area (Å²) in [7, 11) is -4.06. The van der Waals surface area contributed by atoms with Gasteiger partial charge in [-0.3, -0.25) is 4.79 Å². The van der Waals surface area contributed by atoms with Crippen LogP contribution in [0.3, 0.4) is 0 Å². The number of benzene rings is 2. The van der Waals surface area contributed by atoms with E-state index in [0.717, 1.165) is 19.3 Å². The maximum atomic E-state index is 13.6. The van der Waals surface area contributed by atoms with E-state index in [1.165, 1.54) is 18.2 Å².